The number of nitrogens with zero attached hydrogens (tertiary/aromatic N) is 1. The normalized spacial score (nSPS) is 20.5. The van der Waals surface area contributed by atoms with Gasteiger partial charge >= 0.3 is 0 Å². The number of nitrogens with one attached hydrogen (secondary N) is 3. The van der Waals surface area contributed by atoms with Gasteiger partial charge in [-0.15, -0.1) is 0 Å². The number of H-pyrrole nitrogens is 1. The Hall–Kier alpha value is -2.81. The molecule has 0 bridgehead atoms. The fourth-order valence-corrected chi connectivity index (χ4v) is 3.95. The maximum atomic E-state index is 12.8. The molecule has 1 aliphatic carbocycles. The Balaban J connectivity index is 1.67. The first-order chi connectivity index (χ1) is 13.5. The highest BCUT2D eigenvalue weighted by atomic mass is 16.2. The van der Waals surface area contributed by atoms with Crippen LogP contribution in [0.25, 0.3) is 10.9 Å². The van der Waals surface area contributed by atoms with E-state index >= 15 is 0 Å². The Labute approximate surface area is 165 Å². The van der Waals surface area contributed by atoms with Gasteiger partial charge in [0.05, 0.1) is 12.0 Å². The summed E-state index contributed by atoms with van der Waals surface area (Å²) in [5.41, 5.74) is 1.41. The predicted molar refractivity (Wildman–Crippen MR) is 109 cm³/mol. The van der Waals surface area contributed by atoms with Gasteiger partial charge in [0.1, 0.15) is 11.7 Å². The molecule has 1 aromatic carbocycles. The van der Waals surface area contributed by atoms with Crippen LogP contribution in [0, 0.1) is 23.2 Å². The largest absolute Gasteiger partial charge is 0.351 e. The molecule has 0 spiro atoms. The number of fused-ring (bicyclic) bond motifs is 1. The molecule has 0 unspecified atom stereocenters. The van der Waals surface area contributed by atoms with Gasteiger partial charge in [-0.1, -0.05) is 44.9 Å². The van der Waals surface area contributed by atoms with E-state index in [4.69, 9.17) is 0 Å². The van der Waals surface area contributed by atoms with Crippen LogP contribution in [-0.2, 0) is 4.79 Å². The summed E-state index contributed by atoms with van der Waals surface area (Å²) < 4.78 is 0. The number of carbonyl (C=O) groups is 2. The highest BCUT2D eigenvalue weighted by Crippen LogP contribution is 2.26. The summed E-state index contributed by atoms with van der Waals surface area (Å²) in [6.45, 7) is 4.06. The van der Waals surface area contributed by atoms with E-state index in [1.165, 1.54) is 0 Å². The fourth-order valence-electron chi connectivity index (χ4n) is 3.95. The van der Waals surface area contributed by atoms with E-state index in [1.807, 2.05) is 44.2 Å². The van der Waals surface area contributed by atoms with Gasteiger partial charge < -0.3 is 15.6 Å². The zero-order chi connectivity index (χ0) is 20.1. The third-order valence-electron chi connectivity index (χ3n) is 5.37. The summed E-state index contributed by atoms with van der Waals surface area (Å²) in [7, 11) is 0. The standard InChI is InChI=1S/C22H28N4O2/c1-14(2)11-16(13-23)24-21(27)17-8-4-6-10-19(17)26-22(28)20-12-15-7-3-5-9-18(15)25-20/h3,5,7,9,12,14,16-17,19,25H,4,6,8,10-11H2,1-2H3,(H,24,27)(H,26,28)/t16-,17+,19-/m0/s1. The minimum atomic E-state index is -0.487. The summed E-state index contributed by atoms with van der Waals surface area (Å²) in [5, 5.41) is 16.2. The van der Waals surface area contributed by atoms with Gasteiger partial charge in [-0.25, -0.2) is 0 Å². The molecule has 0 radical (unpaired) electrons. The van der Waals surface area contributed by atoms with Crippen LogP contribution in [0.5, 0.6) is 0 Å². The molecule has 1 heterocycles. The quantitative estimate of drug-likeness (QED) is 0.715. The van der Waals surface area contributed by atoms with Crippen molar-refractivity contribution in [3.8, 4) is 6.07 Å². The summed E-state index contributed by atoms with van der Waals surface area (Å²) in [4.78, 5) is 28.7. The van der Waals surface area contributed by atoms with Crippen molar-refractivity contribution in [3.63, 3.8) is 0 Å². The van der Waals surface area contributed by atoms with Crippen LogP contribution in [-0.4, -0.2) is 28.9 Å². The lowest BCUT2D eigenvalue weighted by Crippen LogP contribution is -2.50. The van der Waals surface area contributed by atoms with Crippen LogP contribution in [0.3, 0.4) is 0 Å². The van der Waals surface area contributed by atoms with Gasteiger partial charge in [0.2, 0.25) is 5.91 Å². The highest BCUT2D eigenvalue weighted by Gasteiger charge is 2.33. The first-order valence-electron chi connectivity index (χ1n) is 10.1. The molecule has 3 atom stereocenters. The van der Waals surface area contributed by atoms with E-state index in [0.29, 0.717) is 18.0 Å². The zero-order valence-corrected chi connectivity index (χ0v) is 16.5. The molecular weight excluding hydrogens is 352 g/mol. The van der Waals surface area contributed by atoms with E-state index in [1.54, 1.807) is 0 Å². The monoisotopic (exact) mass is 380 g/mol. The average Bonchev–Trinajstić information content (AvgIpc) is 3.12. The second-order valence-electron chi connectivity index (χ2n) is 8.06. The number of benzene rings is 1. The van der Waals surface area contributed by atoms with Gasteiger partial charge in [0, 0.05) is 16.9 Å². The molecule has 6 heteroatoms. The molecule has 2 amide bonds. The first kappa shape index (κ1) is 19.9. The van der Waals surface area contributed by atoms with Crippen LogP contribution >= 0.6 is 0 Å². The third kappa shape index (κ3) is 4.72. The van der Waals surface area contributed by atoms with Crippen molar-refractivity contribution in [2.24, 2.45) is 11.8 Å². The number of carbonyl (C=O) groups excluding carboxylic acids is 2. The summed E-state index contributed by atoms with van der Waals surface area (Å²) >= 11 is 0. The van der Waals surface area contributed by atoms with Crippen molar-refractivity contribution in [2.45, 2.75) is 58.0 Å². The second-order valence-corrected chi connectivity index (χ2v) is 8.06. The molecule has 1 fully saturated rings. The molecule has 0 saturated heterocycles. The fraction of sp³-hybridized carbons (Fsp3) is 0.500. The minimum Gasteiger partial charge on any atom is -0.351 e. The van der Waals surface area contributed by atoms with Crippen LogP contribution < -0.4 is 10.6 Å². The second kappa shape index (κ2) is 8.92. The highest BCUT2D eigenvalue weighted by molar-refractivity contribution is 5.98. The molecule has 1 aromatic heterocycles. The van der Waals surface area contributed by atoms with Crippen LogP contribution in [0.1, 0.15) is 56.4 Å². The van der Waals surface area contributed by atoms with E-state index in [0.717, 1.165) is 36.6 Å². The summed E-state index contributed by atoms with van der Waals surface area (Å²) in [6.07, 6.45) is 4.06. The Kier molecular flexibility index (Phi) is 6.35. The topological polar surface area (TPSA) is 97.8 Å². The molecule has 1 saturated carbocycles. The lowest BCUT2D eigenvalue weighted by atomic mass is 9.83. The number of rotatable bonds is 6. The number of nitriles is 1. The predicted octanol–water partition coefficient (Wildman–Crippen LogP) is 3.51. The molecule has 28 heavy (non-hydrogen) atoms. The number of aromatic nitrogens is 1. The molecular formula is C22H28N4O2. The van der Waals surface area contributed by atoms with Gasteiger partial charge in [-0.05, 0) is 37.3 Å². The van der Waals surface area contributed by atoms with Crippen LogP contribution in [0.2, 0.25) is 0 Å². The number of para-hydroxylation sites is 1. The number of aromatic amines is 1. The number of hydrogen-bond acceptors (Lipinski definition) is 3. The maximum Gasteiger partial charge on any atom is 0.267 e. The van der Waals surface area contributed by atoms with Gasteiger partial charge in [-0.2, -0.15) is 5.26 Å². The Morgan fingerprint density at radius 2 is 2.00 bits per heavy atom. The molecule has 148 valence electrons. The van der Waals surface area contributed by atoms with E-state index in [-0.39, 0.29) is 23.8 Å². The van der Waals surface area contributed by atoms with Gasteiger partial charge in [0.15, 0.2) is 0 Å². The summed E-state index contributed by atoms with van der Waals surface area (Å²) in [6, 6.07) is 11.0. The number of hydrogen-bond donors (Lipinski definition) is 3. The van der Waals surface area contributed by atoms with Crippen molar-refractivity contribution < 1.29 is 9.59 Å². The molecule has 3 N–H and O–H groups in total. The Bertz CT molecular complexity index is 847. The lowest BCUT2D eigenvalue weighted by molar-refractivity contribution is -0.127. The van der Waals surface area contributed by atoms with Crippen molar-refractivity contribution in [1.82, 2.24) is 15.6 Å². The molecule has 3 rings (SSSR count). The van der Waals surface area contributed by atoms with Crippen molar-refractivity contribution in [2.75, 3.05) is 0 Å². The zero-order valence-electron chi connectivity index (χ0n) is 16.5. The minimum absolute atomic E-state index is 0.131. The summed E-state index contributed by atoms with van der Waals surface area (Å²) in [5.74, 6) is -0.298. The van der Waals surface area contributed by atoms with Gasteiger partial charge in [0.25, 0.3) is 5.91 Å². The van der Waals surface area contributed by atoms with E-state index in [9.17, 15) is 14.9 Å². The molecule has 0 aliphatic heterocycles. The maximum absolute atomic E-state index is 12.8. The number of amides is 2. The lowest BCUT2D eigenvalue weighted by Gasteiger charge is -2.31. The van der Waals surface area contributed by atoms with Crippen molar-refractivity contribution >= 4 is 22.7 Å². The van der Waals surface area contributed by atoms with E-state index < -0.39 is 6.04 Å². The van der Waals surface area contributed by atoms with Crippen LogP contribution in [0.15, 0.2) is 30.3 Å². The van der Waals surface area contributed by atoms with Crippen molar-refractivity contribution in [1.29, 1.82) is 5.26 Å². The molecule has 1 aliphatic rings. The smallest absolute Gasteiger partial charge is 0.267 e. The van der Waals surface area contributed by atoms with Crippen molar-refractivity contribution in [3.05, 3.63) is 36.0 Å². The molecule has 6 nitrogen and oxygen atoms in total. The SMILES string of the molecule is CC(C)C[C@@H](C#N)NC(=O)[C@@H]1CCCC[C@@H]1NC(=O)c1cc2ccccc2[nH]1. The van der Waals surface area contributed by atoms with Gasteiger partial charge in [-0.3, -0.25) is 9.59 Å². The third-order valence-corrected chi connectivity index (χ3v) is 5.37. The average molecular weight is 380 g/mol. The van der Waals surface area contributed by atoms with E-state index in [2.05, 4.69) is 21.7 Å². The Morgan fingerprint density at radius 1 is 1.25 bits per heavy atom. The first-order valence-corrected chi connectivity index (χ1v) is 10.1. The Morgan fingerprint density at radius 3 is 2.71 bits per heavy atom. The van der Waals surface area contributed by atoms with Crippen LogP contribution in [0.4, 0.5) is 0 Å². The molecule has 2 aromatic rings.